The molecule has 0 bridgehead atoms. The van der Waals surface area contributed by atoms with Crippen molar-refractivity contribution in [2.24, 2.45) is 7.05 Å². The fourth-order valence-electron chi connectivity index (χ4n) is 3.88. The minimum atomic E-state index is -0.192. The summed E-state index contributed by atoms with van der Waals surface area (Å²) in [7, 11) is 3.59. The quantitative estimate of drug-likeness (QED) is 0.574. The number of benzene rings is 1. The van der Waals surface area contributed by atoms with Gasteiger partial charge in [0.1, 0.15) is 5.69 Å². The summed E-state index contributed by atoms with van der Waals surface area (Å²) in [5, 5.41) is 9.71. The average Bonchev–Trinajstić information content (AvgIpc) is 3.15. The van der Waals surface area contributed by atoms with Crippen LogP contribution in [0.4, 0.5) is 10.6 Å². The molecule has 1 aliphatic heterocycles. The molecule has 0 aliphatic carbocycles. The van der Waals surface area contributed by atoms with Crippen LogP contribution in [0.2, 0.25) is 0 Å². The van der Waals surface area contributed by atoms with E-state index in [2.05, 4.69) is 42.4 Å². The smallest absolute Gasteiger partial charge is 0.314 e. The molecule has 9 nitrogen and oxygen atoms in total. The zero-order chi connectivity index (χ0) is 22.5. The molecule has 0 unspecified atom stereocenters. The number of hydrogen-bond acceptors (Lipinski definition) is 6. The van der Waals surface area contributed by atoms with Crippen molar-refractivity contribution < 1.29 is 4.79 Å². The number of carbonyl (C=O) groups is 1. The highest BCUT2D eigenvalue weighted by Gasteiger charge is 2.22. The first-order valence-corrected chi connectivity index (χ1v) is 10.9. The lowest BCUT2D eigenvalue weighted by Crippen LogP contribution is -2.46. The molecule has 0 atom stereocenters. The van der Waals surface area contributed by atoms with Gasteiger partial charge in [0.2, 0.25) is 0 Å². The number of aryl methyl sites for hydroxylation is 1. The zero-order valence-electron chi connectivity index (χ0n) is 19.3. The second-order valence-electron chi connectivity index (χ2n) is 8.00. The third-order valence-corrected chi connectivity index (χ3v) is 5.99. The van der Waals surface area contributed by atoms with Crippen LogP contribution in [0.5, 0.6) is 0 Å². The Bertz CT molecular complexity index is 1060. The van der Waals surface area contributed by atoms with Crippen LogP contribution in [0.15, 0.2) is 42.9 Å². The van der Waals surface area contributed by atoms with Gasteiger partial charge in [0.05, 0.1) is 6.20 Å². The van der Waals surface area contributed by atoms with Gasteiger partial charge in [-0.2, -0.15) is 5.10 Å². The Morgan fingerprint density at radius 1 is 1.06 bits per heavy atom. The Morgan fingerprint density at radius 2 is 1.76 bits per heavy atom. The van der Waals surface area contributed by atoms with E-state index in [1.807, 2.05) is 42.2 Å². The number of rotatable bonds is 6. The second-order valence-corrected chi connectivity index (χ2v) is 8.00. The maximum atomic E-state index is 11.4. The van der Waals surface area contributed by atoms with E-state index in [1.54, 1.807) is 19.4 Å². The normalized spacial score (nSPS) is 14.0. The molecule has 3 aromatic rings. The summed E-state index contributed by atoms with van der Waals surface area (Å²) < 4.78 is 1.93. The number of halogens is 1. The molecule has 3 heterocycles. The Labute approximate surface area is 200 Å². The predicted molar refractivity (Wildman–Crippen MR) is 131 cm³/mol. The van der Waals surface area contributed by atoms with Gasteiger partial charge < -0.3 is 15.5 Å². The van der Waals surface area contributed by atoms with Crippen molar-refractivity contribution in [3.05, 3.63) is 59.7 Å². The summed E-state index contributed by atoms with van der Waals surface area (Å²) in [6, 6.07) is 7.91. The molecule has 10 heteroatoms. The molecule has 1 fully saturated rings. The summed E-state index contributed by atoms with van der Waals surface area (Å²) in [5.74, 6) is 0.918. The third-order valence-electron chi connectivity index (χ3n) is 5.99. The maximum Gasteiger partial charge on any atom is 0.314 e. The number of carbonyl (C=O) groups excluding carboxylic acids is 1. The van der Waals surface area contributed by atoms with Gasteiger partial charge >= 0.3 is 6.03 Å². The van der Waals surface area contributed by atoms with Crippen molar-refractivity contribution in [2.45, 2.75) is 20.0 Å². The molecular weight excluding hydrogens is 440 g/mol. The van der Waals surface area contributed by atoms with Crippen molar-refractivity contribution in [2.75, 3.05) is 38.1 Å². The molecule has 0 spiro atoms. The summed E-state index contributed by atoms with van der Waals surface area (Å²) in [5.41, 5.74) is 5.44. The van der Waals surface area contributed by atoms with Crippen molar-refractivity contribution in [1.29, 1.82) is 0 Å². The highest BCUT2D eigenvalue weighted by atomic mass is 35.5. The average molecular weight is 471 g/mol. The molecule has 0 radical (unpaired) electrons. The molecule has 1 aliphatic rings. The lowest BCUT2D eigenvalue weighted by atomic mass is 10.1. The lowest BCUT2D eigenvalue weighted by molar-refractivity contribution is 0.242. The summed E-state index contributed by atoms with van der Waals surface area (Å²) >= 11 is 0. The maximum absolute atomic E-state index is 11.4. The van der Waals surface area contributed by atoms with E-state index >= 15 is 0 Å². The first kappa shape index (κ1) is 24.5. The van der Waals surface area contributed by atoms with E-state index in [4.69, 9.17) is 0 Å². The molecular formula is C23H31ClN8O. The number of aromatic nitrogens is 4. The number of anilines is 1. The van der Waals surface area contributed by atoms with E-state index in [0.717, 1.165) is 55.4 Å². The molecule has 2 N–H and O–H groups in total. The van der Waals surface area contributed by atoms with Crippen LogP contribution < -0.4 is 15.5 Å². The fourth-order valence-corrected chi connectivity index (χ4v) is 3.88. The summed E-state index contributed by atoms with van der Waals surface area (Å²) in [4.78, 5) is 25.5. The fraction of sp³-hybridized carbons (Fsp3) is 0.391. The van der Waals surface area contributed by atoms with Crippen LogP contribution in [0.1, 0.15) is 16.8 Å². The second kappa shape index (κ2) is 11.1. The highest BCUT2D eigenvalue weighted by molar-refractivity contribution is 5.85. The van der Waals surface area contributed by atoms with Crippen molar-refractivity contribution in [3.63, 3.8) is 0 Å². The van der Waals surface area contributed by atoms with Gasteiger partial charge in [-0.3, -0.25) is 14.6 Å². The predicted octanol–water partition coefficient (Wildman–Crippen LogP) is 2.36. The van der Waals surface area contributed by atoms with Crippen LogP contribution in [0, 0.1) is 6.92 Å². The van der Waals surface area contributed by atoms with Crippen LogP contribution in [-0.4, -0.2) is 63.9 Å². The van der Waals surface area contributed by atoms with E-state index in [0.29, 0.717) is 6.54 Å². The molecule has 4 rings (SSSR count). The first-order chi connectivity index (χ1) is 15.5. The largest absolute Gasteiger partial charge is 0.352 e. The van der Waals surface area contributed by atoms with Gasteiger partial charge in [-0.05, 0) is 12.5 Å². The number of nitrogens with one attached hydrogen (secondary N) is 2. The number of amides is 2. The van der Waals surface area contributed by atoms with Crippen molar-refractivity contribution >= 4 is 24.3 Å². The Hall–Kier alpha value is -3.17. The molecule has 1 saturated heterocycles. The lowest BCUT2D eigenvalue weighted by Gasteiger charge is -2.35. The van der Waals surface area contributed by atoms with Gasteiger partial charge in [-0.1, -0.05) is 24.3 Å². The molecule has 1 aromatic carbocycles. The van der Waals surface area contributed by atoms with E-state index in [-0.39, 0.29) is 18.4 Å². The zero-order valence-corrected chi connectivity index (χ0v) is 20.1. The Morgan fingerprint density at radius 3 is 2.39 bits per heavy atom. The molecule has 0 saturated carbocycles. The van der Waals surface area contributed by atoms with Gasteiger partial charge in [0.25, 0.3) is 0 Å². The number of urea groups is 1. The Kier molecular flexibility index (Phi) is 8.24. The van der Waals surface area contributed by atoms with Crippen molar-refractivity contribution in [1.82, 2.24) is 35.3 Å². The van der Waals surface area contributed by atoms with Crippen LogP contribution in [0.25, 0.3) is 11.3 Å². The number of hydrogen-bond donors (Lipinski definition) is 2. The third kappa shape index (κ3) is 5.80. The topological polar surface area (TPSA) is 91.2 Å². The Balaban J connectivity index is 0.00000306. The van der Waals surface area contributed by atoms with E-state index in [9.17, 15) is 4.79 Å². The van der Waals surface area contributed by atoms with Gasteiger partial charge in [-0.25, -0.2) is 9.78 Å². The highest BCUT2D eigenvalue weighted by Crippen LogP contribution is 2.28. The molecule has 2 amide bonds. The van der Waals surface area contributed by atoms with Gasteiger partial charge in [0.15, 0.2) is 5.82 Å². The van der Waals surface area contributed by atoms with Gasteiger partial charge in [0, 0.05) is 82.6 Å². The van der Waals surface area contributed by atoms with Crippen LogP contribution >= 0.6 is 12.4 Å². The minimum absolute atomic E-state index is 0. The first-order valence-electron chi connectivity index (χ1n) is 10.9. The summed E-state index contributed by atoms with van der Waals surface area (Å²) in [6.07, 6.45) is 5.46. The van der Waals surface area contributed by atoms with E-state index in [1.165, 1.54) is 11.3 Å². The number of piperazine rings is 1. The number of nitrogens with zero attached hydrogens (tertiary/aromatic N) is 6. The monoisotopic (exact) mass is 470 g/mol. The van der Waals surface area contributed by atoms with E-state index < -0.39 is 0 Å². The van der Waals surface area contributed by atoms with Crippen molar-refractivity contribution in [3.8, 4) is 11.3 Å². The summed E-state index contributed by atoms with van der Waals surface area (Å²) in [6.45, 7) is 7.25. The molecule has 2 aromatic heterocycles. The SMILES string of the molecule is CNC(=O)NCc1ccc(-c2nccnc2N2CCN(Cc3cnn(C)c3C)CC2)cc1.Cl. The standard InChI is InChI=1S/C23H30N8O.ClH/c1-17-20(15-28-29(17)3)16-30-10-12-31(13-11-30)22-21(25-8-9-26-22)19-6-4-18(5-7-19)14-27-23(32)24-2;/h4-9,15H,10-14,16H2,1-3H3,(H2,24,27,32);1H. The van der Waals surface area contributed by atoms with Crippen LogP contribution in [-0.2, 0) is 20.1 Å². The van der Waals surface area contributed by atoms with Gasteiger partial charge in [-0.15, -0.1) is 12.4 Å². The molecule has 176 valence electrons. The molecule has 33 heavy (non-hydrogen) atoms. The van der Waals surface area contributed by atoms with Crippen LogP contribution in [0.3, 0.4) is 0 Å². The minimum Gasteiger partial charge on any atom is -0.352 e.